The zero-order valence-electron chi connectivity index (χ0n) is 18.0. The molecule has 3 N–H and O–H groups in total. The smallest absolute Gasteiger partial charge is 0.481 e. The van der Waals surface area contributed by atoms with Crippen molar-refractivity contribution >= 4 is 17.6 Å². The lowest BCUT2D eigenvalue weighted by atomic mass is 10.1. The molecule has 1 aromatic carbocycles. The molecule has 1 aromatic heterocycles. The van der Waals surface area contributed by atoms with Gasteiger partial charge in [-0.1, -0.05) is 12.1 Å². The van der Waals surface area contributed by atoms with Gasteiger partial charge in [-0.25, -0.2) is 0 Å². The van der Waals surface area contributed by atoms with Crippen LogP contribution in [0.15, 0.2) is 42.6 Å². The normalized spacial score (nSPS) is 19.5. The molecular formula is C23H26F3N4O3+. The third-order valence-electron chi connectivity index (χ3n) is 5.94. The van der Waals surface area contributed by atoms with E-state index in [1.807, 2.05) is 4.90 Å². The molecule has 0 unspecified atom stereocenters. The molecule has 1 atom stereocenters. The lowest BCUT2D eigenvalue weighted by Gasteiger charge is -2.33. The Morgan fingerprint density at radius 1 is 1.09 bits per heavy atom. The van der Waals surface area contributed by atoms with Crippen molar-refractivity contribution in [2.75, 3.05) is 25.4 Å². The molecule has 0 bridgehead atoms. The number of nitrogens with two attached hydrogens (primary N) is 1. The number of pyridine rings is 1. The predicted octanol–water partition coefficient (Wildman–Crippen LogP) is 3.16. The molecular weight excluding hydrogens is 437 g/mol. The number of aromatic nitrogens is 1. The summed E-state index contributed by atoms with van der Waals surface area (Å²) in [4.78, 5) is 14.3. The van der Waals surface area contributed by atoms with Crippen molar-refractivity contribution in [1.82, 2.24) is 4.90 Å². The average Bonchev–Trinajstić information content (AvgIpc) is 3.34. The maximum atomic E-state index is 12.9. The highest BCUT2D eigenvalue weighted by molar-refractivity contribution is 5.81. The summed E-state index contributed by atoms with van der Waals surface area (Å²) in [7, 11) is 0. The molecule has 3 heterocycles. The van der Waals surface area contributed by atoms with Gasteiger partial charge in [0.2, 0.25) is 5.82 Å². The van der Waals surface area contributed by atoms with Crippen LogP contribution in [0.3, 0.4) is 0 Å². The summed E-state index contributed by atoms with van der Waals surface area (Å²) in [6.45, 7) is 1.89. The molecule has 4 rings (SSSR count). The van der Waals surface area contributed by atoms with E-state index in [0.29, 0.717) is 41.1 Å². The number of nitrogens with one attached hydrogen (secondary N) is 1. The van der Waals surface area contributed by atoms with Gasteiger partial charge >= 0.3 is 12.0 Å². The lowest BCUT2D eigenvalue weighted by Crippen LogP contribution is -2.52. The summed E-state index contributed by atoms with van der Waals surface area (Å²) >= 11 is 0. The Hall–Kier alpha value is -3.14. The molecule has 0 radical (unpaired) electrons. The summed E-state index contributed by atoms with van der Waals surface area (Å²) in [5.41, 5.74) is 6.79. The lowest BCUT2D eigenvalue weighted by molar-refractivity contribution is -0.554. The van der Waals surface area contributed by atoms with Crippen LogP contribution in [0, 0.1) is 5.41 Å². The van der Waals surface area contributed by atoms with Crippen LogP contribution in [0.2, 0.25) is 0 Å². The van der Waals surface area contributed by atoms with Gasteiger partial charge in [-0.3, -0.25) is 4.79 Å². The molecule has 0 aliphatic carbocycles. The maximum absolute atomic E-state index is 12.9. The monoisotopic (exact) mass is 463 g/mol. The van der Waals surface area contributed by atoms with Gasteiger partial charge in [0.1, 0.15) is 18.0 Å². The Balaban J connectivity index is 1.36. The van der Waals surface area contributed by atoms with Gasteiger partial charge < -0.3 is 20.1 Å². The van der Waals surface area contributed by atoms with E-state index in [9.17, 15) is 18.0 Å². The first-order valence-electron chi connectivity index (χ1n) is 10.9. The van der Waals surface area contributed by atoms with Gasteiger partial charge in [-0.2, -0.15) is 23.1 Å². The first-order chi connectivity index (χ1) is 15.7. The third-order valence-corrected chi connectivity index (χ3v) is 5.94. The molecule has 7 nitrogen and oxygen atoms in total. The van der Waals surface area contributed by atoms with Crippen molar-refractivity contribution in [3.8, 4) is 16.9 Å². The van der Waals surface area contributed by atoms with Gasteiger partial charge in [-0.05, 0) is 36.6 Å². The van der Waals surface area contributed by atoms with E-state index in [1.54, 1.807) is 30.3 Å². The Labute approximate surface area is 189 Å². The molecule has 2 aromatic rings. The number of hydrogen-bond acceptors (Lipinski definition) is 5. The zero-order chi connectivity index (χ0) is 23.6. The van der Waals surface area contributed by atoms with Crippen LogP contribution >= 0.6 is 0 Å². The summed E-state index contributed by atoms with van der Waals surface area (Å²) in [6.07, 6.45) is -0.783. The second-order valence-corrected chi connectivity index (χ2v) is 8.23. The highest BCUT2D eigenvalue weighted by Crippen LogP contribution is 2.26. The van der Waals surface area contributed by atoms with E-state index in [1.165, 1.54) is 12.3 Å². The summed E-state index contributed by atoms with van der Waals surface area (Å²) in [5.74, 6) is -1.01. The Bertz CT molecular complexity index is 1010. The topological polar surface area (TPSA) is 92.5 Å². The number of hydrogen-bond donors (Lipinski definition) is 2. The molecule has 176 valence electrons. The highest BCUT2D eigenvalue weighted by Gasteiger charge is 2.42. The minimum absolute atomic E-state index is 0.0182. The fourth-order valence-electron chi connectivity index (χ4n) is 4.10. The number of amides is 1. The van der Waals surface area contributed by atoms with Gasteiger partial charge in [0.25, 0.3) is 5.91 Å². The molecule has 33 heavy (non-hydrogen) atoms. The maximum Gasteiger partial charge on any atom is 0.481 e. The fraction of sp³-hybridized carbons (Fsp3) is 0.435. The van der Waals surface area contributed by atoms with Crippen molar-refractivity contribution in [2.24, 2.45) is 0 Å². The van der Waals surface area contributed by atoms with Crippen LogP contribution in [0.5, 0.6) is 5.75 Å². The van der Waals surface area contributed by atoms with Crippen LogP contribution in [0.4, 0.5) is 19.0 Å². The minimum Gasteiger partial charge on any atom is -0.490 e. The van der Waals surface area contributed by atoms with E-state index in [0.717, 1.165) is 25.7 Å². The number of anilines is 1. The van der Waals surface area contributed by atoms with Gasteiger partial charge in [0.05, 0.1) is 6.20 Å². The van der Waals surface area contributed by atoms with Gasteiger partial charge in [-0.15, -0.1) is 0 Å². The fourth-order valence-corrected chi connectivity index (χ4v) is 4.10. The first-order valence-corrected chi connectivity index (χ1v) is 10.9. The van der Waals surface area contributed by atoms with E-state index >= 15 is 0 Å². The van der Waals surface area contributed by atoms with Crippen LogP contribution in [0.25, 0.3) is 11.1 Å². The van der Waals surface area contributed by atoms with Crippen LogP contribution in [-0.2, 0) is 9.53 Å². The summed E-state index contributed by atoms with van der Waals surface area (Å²) < 4.78 is 50.9. The van der Waals surface area contributed by atoms with Crippen molar-refractivity contribution < 1.29 is 32.0 Å². The van der Waals surface area contributed by atoms with E-state index in [2.05, 4.69) is 0 Å². The summed E-state index contributed by atoms with van der Waals surface area (Å²) in [6, 6.07) is 9.96. The number of benzene rings is 1. The highest BCUT2D eigenvalue weighted by atomic mass is 19.4. The molecule has 10 heteroatoms. The molecule has 2 aliphatic heterocycles. The molecule has 0 saturated carbocycles. The number of alkyl halides is 3. The predicted molar refractivity (Wildman–Crippen MR) is 115 cm³/mol. The molecule has 2 saturated heterocycles. The molecule has 0 spiro atoms. The second kappa shape index (κ2) is 9.38. The third kappa shape index (κ3) is 5.27. The quantitative estimate of drug-likeness (QED) is 0.414. The number of likely N-dealkylation sites (tertiary alicyclic amines) is 1. The van der Waals surface area contributed by atoms with E-state index < -0.39 is 12.0 Å². The number of rotatable bonds is 4. The van der Waals surface area contributed by atoms with Gasteiger partial charge in [0, 0.05) is 44.2 Å². The minimum atomic E-state index is -4.81. The number of ether oxygens (including phenoxy) is 2. The number of nitrogens with zero attached hydrogens (tertiary/aromatic N) is 2. The number of halogens is 3. The van der Waals surface area contributed by atoms with Crippen LogP contribution in [-0.4, -0.2) is 54.7 Å². The number of carbonyl (C=O) groups excluding carboxylic acids is 1. The van der Waals surface area contributed by atoms with E-state index in [4.69, 9.17) is 20.6 Å². The van der Waals surface area contributed by atoms with Crippen molar-refractivity contribution in [1.29, 1.82) is 5.41 Å². The van der Waals surface area contributed by atoms with Crippen LogP contribution < -0.4 is 15.0 Å². The zero-order valence-corrected chi connectivity index (χ0v) is 18.0. The summed E-state index contributed by atoms with van der Waals surface area (Å²) in [5, 5.41) is 7.35. The Morgan fingerprint density at radius 2 is 1.76 bits per heavy atom. The second-order valence-electron chi connectivity index (χ2n) is 8.23. The van der Waals surface area contributed by atoms with Crippen molar-refractivity contribution in [3.05, 3.63) is 42.6 Å². The van der Waals surface area contributed by atoms with Crippen molar-refractivity contribution in [2.45, 2.75) is 44.1 Å². The molecule has 2 fully saturated rings. The number of carbonyl (C=O) groups is 1. The SMILES string of the molecule is N=C([n+]1cc(-c2ccc(OC3CCN(C(=O)[C@H]4CCCO4)CC3)cc2)ccc1N)C(F)(F)F. The van der Waals surface area contributed by atoms with Crippen molar-refractivity contribution in [3.63, 3.8) is 0 Å². The first kappa shape index (κ1) is 23.0. The average molecular weight is 463 g/mol. The number of piperidine rings is 1. The van der Waals surface area contributed by atoms with Crippen LogP contribution in [0.1, 0.15) is 25.7 Å². The Morgan fingerprint density at radius 3 is 2.36 bits per heavy atom. The van der Waals surface area contributed by atoms with Gasteiger partial charge in [0.15, 0.2) is 0 Å². The number of nitrogen functional groups attached to an aromatic ring is 1. The largest absolute Gasteiger partial charge is 0.490 e. The standard InChI is InChI=1S/C23H25F3N4O3/c24-23(25,26)22(28)30-14-16(5-8-20(30)27)15-3-6-17(7-4-15)33-18-9-11-29(12-10-18)21(31)19-2-1-13-32-19/h3-8,14,18-19,27-28H,1-2,9-13H2/p+1/t19-/m1/s1. The Kier molecular flexibility index (Phi) is 6.55. The molecule has 1 amide bonds. The molecule has 2 aliphatic rings. The van der Waals surface area contributed by atoms with E-state index in [-0.39, 0.29) is 23.9 Å².